The topological polar surface area (TPSA) is 102 Å². The van der Waals surface area contributed by atoms with Crippen LogP contribution in [0.5, 0.6) is 5.75 Å². The molecule has 12 heteroatoms. The summed E-state index contributed by atoms with van der Waals surface area (Å²) in [5.74, 6) is -3.04. The van der Waals surface area contributed by atoms with Gasteiger partial charge in [-0.25, -0.2) is 22.0 Å². The van der Waals surface area contributed by atoms with Crippen LogP contribution in [0, 0.1) is 12.8 Å². The quantitative estimate of drug-likeness (QED) is 0.234. The smallest absolute Gasteiger partial charge is 0.410 e. The van der Waals surface area contributed by atoms with Gasteiger partial charge in [0.25, 0.3) is 0 Å². The van der Waals surface area contributed by atoms with E-state index in [-0.39, 0.29) is 61.4 Å². The Kier molecular flexibility index (Phi) is 11.9. The van der Waals surface area contributed by atoms with Crippen LogP contribution >= 0.6 is 0 Å². The number of esters is 1. The van der Waals surface area contributed by atoms with Crippen LogP contribution in [-0.4, -0.2) is 78.6 Å². The number of aryl methyl sites for hydroxylation is 1. The second kappa shape index (κ2) is 14.5. The predicted molar refractivity (Wildman–Crippen MR) is 168 cm³/mol. The van der Waals surface area contributed by atoms with E-state index in [4.69, 9.17) is 14.2 Å². The molecule has 2 atom stereocenters. The van der Waals surface area contributed by atoms with Crippen molar-refractivity contribution in [2.75, 3.05) is 19.7 Å². The van der Waals surface area contributed by atoms with E-state index in [0.29, 0.717) is 32.2 Å². The zero-order chi connectivity index (χ0) is 33.8. The van der Waals surface area contributed by atoms with Crippen molar-refractivity contribution in [2.45, 2.75) is 141 Å². The van der Waals surface area contributed by atoms with Crippen LogP contribution in [0.4, 0.5) is 13.6 Å². The van der Waals surface area contributed by atoms with Gasteiger partial charge in [0.1, 0.15) is 27.9 Å². The lowest BCUT2D eigenvalue weighted by Gasteiger charge is -2.37. The first-order valence-electron chi connectivity index (χ1n) is 16.0. The molecule has 1 aromatic rings. The van der Waals surface area contributed by atoms with E-state index in [2.05, 4.69) is 0 Å². The van der Waals surface area contributed by atoms with Gasteiger partial charge in [0.05, 0.1) is 6.61 Å². The van der Waals surface area contributed by atoms with Gasteiger partial charge in [-0.2, -0.15) is 4.31 Å². The molecule has 1 aromatic carbocycles. The first-order chi connectivity index (χ1) is 20.7. The molecule has 0 N–H and O–H groups in total. The number of ether oxygens (including phenoxy) is 3. The van der Waals surface area contributed by atoms with E-state index in [1.54, 1.807) is 58.6 Å². The number of benzene rings is 1. The minimum Gasteiger partial charge on any atom is -0.492 e. The SMILES string of the molecule is Cc1ccc(S(=O)(=O)N2CCC[C@H]2C(=O)OC(C)(C)C)c(OCC(C)CCCN(C(=O)OC(C)(C)C)C2CCC(F)(F)CC2)c1. The molecule has 1 aliphatic heterocycles. The summed E-state index contributed by atoms with van der Waals surface area (Å²) in [7, 11) is -4.06. The number of halogens is 2. The first-order valence-corrected chi connectivity index (χ1v) is 17.5. The summed E-state index contributed by atoms with van der Waals surface area (Å²) < 4.78 is 73.7. The maximum absolute atomic E-state index is 13.8. The number of alkyl halides is 2. The number of hydrogen-bond acceptors (Lipinski definition) is 7. The van der Waals surface area contributed by atoms with Crippen molar-refractivity contribution in [3.63, 3.8) is 0 Å². The van der Waals surface area contributed by atoms with E-state index >= 15 is 0 Å². The van der Waals surface area contributed by atoms with Gasteiger partial charge in [-0.05, 0) is 111 Å². The average Bonchev–Trinajstić information content (AvgIpc) is 3.40. The fourth-order valence-corrected chi connectivity index (χ4v) is 7.47. The van der Waals surface area contributed by atoms with Gasteiger partial charge in [0, 0.05) is 32.0 Å². The van der Waals surface area contributed by atoms with Crippen LogP contribution < -0.4 is 4.74 Å². The maximum Gasteiger partial charge on any atom is 0.410 e. The Balaban J connectivity index is 1.66. The Bertz CT molecular complexity index is 1280. The van der Waals surface area contributed by atoms with E-state index in [1.807, 2.05) is 13.8 Å². The zero-order valence-corrected chi connectivity index (χ0v) is 29.0. The standard InChI is InChI=1S/C33H52F2N2O7S/c1-23-13-14-28(45(40,41)37-20-10-12-26(37)29(38)43-31(3,4)5)27(21-23)42-22-24(2)11-9-19-36(30(39)44-32(6,7)8)25-15-17-33(34,35)18-16-25/h13-14,21,24-26H,9-12,15-20,22H2,1-8H3/t24?,26-/m0/s1. The third-order valence-electron chi connectivity index (χ3n) is 7.94. The molecule has 0 aromatic heterocycles. The Morgan fingerprint density at radius 2 is 1.67 bits per heavy atom. The van der Waals surface area contributed by atoms with Gasteiger partial charge >= 0.3 is 12.1 Å². The Labute approximate surface area is 268 Å². The minimum atomic E-state index is -4.06. The predicted octanol–water partition coefficient (Wildman–Crippen LogP) is 7.10. The molecule has 45 heavy (non-hydrogen) atoms. The summed E-state index contributed by atoms with van der Waals surface area (Å²) in [6, 6.07) is 3.70. The molecule has 0 spiro atoms. The molecular weight excluding hydrogens is 606 g/mol. The molecule has 1 amide bonds. The normalized spacial score (nSPS) is 20.4. The van der Waals surface area contributed by atoms with Gasteiger partial charge in [-0.1, -0.05) is 13.0 Å². The van der Waals surface area contributed by atoms with Crippen LogP contribution in [0.1, 0.15) is 105 Å². The highest BCUT2D eigenvalue weighted by Gasteiger charge is 2.43. The molecule has 1 saturated heterocycles. The van der Waals surface area contributed by atoms with Crippen molar-refractivity contribution in [1.29, 1.82) is 0 Å². The lowest BCUT2D eigenvalue weighted by molar-refractivity contribution is -0.158. The number of carbonyl (C=O) groups excluding carboxylic acids is 2. The summed E-state index contributed by atoms with van der Waals surface area (Å²) >= 11 is 0. The lowest BCUT2D eigenvalue weighted by atomic mass is 9.91. The fraction of sp³-hybridized carbons (Fsp3) is 0.758. The largest absolute Gasteiger partial charge is 0.492 e. The van der Waals surface area contributed by atoms with Crippen LogP contribution in [-0.2, 0) is 24.3 Å². The van der Waals surface area contributed by atoms with Crippen molar-refractivity contribution in [3.8, 4) is 5.75 Å². The summed E-state index contributed by atoms with van der Waals surface area (Å²) in [6.07, 6.45) is 1.63. The molecule has 1 saturated carbocycles. The molecule has 256 valence electrons. The van der Waals surface area contributed by atoms with Gasteiger partial charge in [-0.15, -0.1) is 0 Å². The van der Waals surface area contributed by atoms with Crippen molar-refractivity contribution in [2.24, 2.45) is 5.92 Å². The summed E-state index contributed by atoms with van der Waals surface area (Å²) in [6.45, 7) is 15.2. The van der Waals surface area contributed by atoms with Crippen molar-refractivity contribution < 1.29 is 41.0 Å². The van der Waals surface area contributed by atoms with Gasteiger partial charge in [0.15, 0.2) is 0 Å². The van der Waals surface area contributed by atoms with E-state index in [9.17, 15) is 26.8 Å². The van der Waals surface area contributed by atoms with Gasteiger partial charge in [-0.3, -0.25) is 4.79 Å². The molecule has 0 bridgehead atoms. The second-order valence-electron chi connectivity index (χ2n) is 14.6. The first kappa shape index (κ1) is 37.0. The van der Waals surface area contributed by atoms with Crippen LogP contribution in [0.25, 0.3) is 0 Å². The van der Waals surface area contributed by atoms with Crippen molar-refractivity contribution in [3.05, 3.63) is 23.8 Å². The lowest BCUT2D eigenvalue weighted by Crippen LogP contribution is -2.46. The minimum absolute atomic E-state index is 0.000889. The molecule has 2 aliphatic rings. The summed E-state index contributed by atoms with van der Waals surface area (Å²) in [4.78, 5) is 27.5. The number of amides is 1. The third-order valence-corrected chi connectivity index (χ3v) is 9.89. The highest BCUT2D eigenvalue weighted by atomic mass is 32.2. The molecule has 0 radical (unpaired) electrons. The average molecular weight is 659 g/mol. The third kappa shape index (κ3) is 10.8. The number of hydrogen-bond donors (Lipinski definition) is 0. The van der Waals surface area contributed by atoms with Crippen LogP contribution in [0.3, 0.4) is 0 Å². The van der Waals surface area contributed by atoms with Crippen molar-refractivity contribution in [1.82, 2.24) is 9.21 Å². The Morgan fingerprint density at radius 3 is 2.27 bits per heavy atom. The molecule has 1 heterocycles. The van der Waals surface area contributed by atoms with Gasteiger partial charge < -0.3 is 19.1 Å². The highest BCUT2D eigenvalue weighted by Crippen LogP contribution is 2.36. The Morgan fingerprint density at radius 1 is 1.04 bits per heavy atom. The summed E-state index contributed by atoms with van der Waals surface area (Å²) in [5.41, 5.74) is -0.617. The molecule has 2 fully saturated rings. The van der Waals surface area contributed by atoms with Crippen LogP contribution in [0.15, 0.2) is 23.1 Å². The molecule has 3 rings (SSSR count). The van der Waals surface area contributed by atoms with Crippen molar-refractivity contribution >= 4 is 22.1 Å². The van der Waals surface area contributed by atoms with Crippen LogP contribution in [0.2, 0.25) is 0 Å². The van der Waals surface area contributed by atoms with Gasteiger partial charge in [0.2, 0.25) is 15.9 Å². The maximum atomic E-state index is 13.8. The Hall–Kier alpha value is -2.47. The zero-order valence-electron chi connectivity index (χ0n) is 28.2. The highest BCUT2D eigenvalue weighted by molar-refractivity contribution is 7.89. The number of rotatable bonds is 11. The number of nitrogens with zero attached hydrogens (tertiary/aromatic N) is 2. The fourth-order valence-electron chi connectivity index (χ4n) is 5.71. The number of sulfonamides is 1. The number of carbonyl (C=O) groups is 2. The summed E-state index contributed by atoms with van der Waals surface area (Å²) in [5, 5.41) is 0. The molecule has 1 aliphatic carbocycles. The van der Waals surface area contributed by atoms with E-state index in [0.717, 1.165) is 5.56 Å². The molecule has 1 unspecified atom stereocenters. The molecular formula is C33H52F2N2O7S. The van der Waals surface area contributed by atoms with E-state index in [1.165, 1.54) is 10.4 Å². The second-order valence-corrected chi connectivity index (χ2v) is 16.4. The van der Waals surface area contributed by atoms with E-state index < -0.39 is 45.3 Å². The monoisotopic (exact) mass is 658 g/mol. The molecule has 9 nitrogen and oxygen atoms in total.